The van der Waals surface area contributed by atoms with E-state index >= 15 is 0 Å². The van der Waals surface area contributed by atoms with E-state index in [-0.39, 0.29) is 0 Å². The standard InChI is InChI=1S/C16H23N3S/c1-3-19(4-2)12-15-8-6-5-7-14(15)9-17-10-16-11-18-13-20-16/h5-8,11,13,17H,3-4,9-10,12H2,1-2H3. The fraction of sp³-hybridized carbons (Fsp3) is 0.438. The molecule has 20 heavy (non-hydrogen) atoms. The van der Waals surface area contributed by atoms with Crippen LogP contribution < -0.4 is 5.32 Å². The van der Waals surface area contributed by atoms with Gasteiger partial charge in [0, 0.05) is 30.7 Å². The summed E-state index contributed by atoms with van der Waals surface area (Å²) >= 11 is 1.70. The first-order valence-corrected chi connectivity index (χ1v) is 8.08. The summed E-state index contributed by atoms with van der Waals surface area (Å²) in [6, 6.07) is 8.71. The minimum Gasteiger partial charge on any atom is -0.308 e. The second-order valence-electron chi connectivity index (χ2n) is 4.80. The Labute approximate surface area is 125 Å². The number of aromatic nitrogens is 1. The van der Waals surface area contributed by atoms with Crippen LogP contribution in [-0.4, -0.2) is 23.0 Å². The zero-order valence-corrected chi connectivity index (χ0v) is 13.1. The molecule has 0 aliphatic heterocycles. The molecule has 0 saturated heterocycles. The number of hydrogen-bond donors (Lipinski definition) is 1. The lowest BCUT2D eigenvalue weighted by atomic mass is 10.1. The Morgan fingerprint density at radius 1 is 1.10 bits per heavy atom. The van der Waals surface area contributed by atoms with Crippen LogP contribution in [0.1, 0.15) is 29.9 Å². The minimum atomic E-state index is 0.893. The molecule has 1 heterocycles. The topological polar surface area (TPSA) is 28.2 Å². The van der Waals surface area contributed by atoms with E-state index in [0.717, 1.165) is 32.7 Å². The van der Waals surface area contributed by atoms with Crippen molar-refractivity contribution in [3.05, 3.63) is 52.0 Å². The summed E-state index contributed by atoms with van der Waals surface area (Å²) in [4.78, 5) is 7.83. The van der Waals surface area contributed by atoms with Crippen LogP contribution in [0.15, 0.2) is 36.0 Å². The van der Waals surface area contributed by atoms with Crippen LogP contribution in [0.4, 0.5) is 0 Å². The summed E-state index contributed by atoms with van der Waals surface area (Å²) in [7, 11) is 0. The van der Waals surface area contributed by atoms with Crippen molar-refractivity contribution in [2.75, 3.05) is 13.1 Å². The number of benzene rings is 1. The van der Waals surface area contributed by atoms with Crippen LogP contribution in [-0.2, 0) is 19.6 Å². The molecular formula is C16H23N3S. The first-order chi connectivity index (χ1) is 9.83. The predicted molar refractivity (Wildman–Crippen MR) is 85.7 cm³/mol. The monoisotopic (exact) mass is 289 g/mol. The first-order valence-electron chi connectivity index (χ1n) is 7.20. The molecule has 1 aromatic carbocycles. The molecule has 0 spiro atoms. The van der Waals surface area contributed by atoms with Gasteiger partial charge in [-0.15, -0.1) is 11.3 Å². The van der Waals surface area contributed by atoms with Crippen molar-refractivity contribution in [2.24, 2.45) is 0 Å². The van der Waals surface area contributed by atoms with Gasteiger partial charge in [-0.25, -0.2) is 0 Å². The lowest BCUT2D eigenvalue weighted by Crippen LogP contribution is -2.23. The summed E-state index contributed by atoms with van der Waals surface area (Å²) in [6.07, 6.45) is 1.93. The van der Waals surface area contributed by atoms with E-state index in [1.54, 1.807) is 11.3 Å². The van der Waals surface area contributed by atoms with Crippen molar-refractivity contribution in [2.45, 2.75) is 33.5 Å². The Hall–Kier alpha value is -1.23. The van der Waals surface area contributed by atoms with Gasteiger partial charge in [0.25, 0.3) is 0 Å². The lowest BCUT2D eigenvalue weighted by Gasteiger charge is -2.20. The van der Waals surface area contributed by atoms with Gasteiger partial charge in [0.1, 0.15) is 0 Å². The second kappa shape index (κ2) is 8.15. The summed E-state index contributed by atoms with van der Waals surface area (Å²) in [5.41, 5.74) is 4.70. The van der Waals surface area contributed by atoms with E-state index in [2.05, 4.69) is 53.3 Å². The Kier molecular flexibility index (Phi) is 6.18. The Morgan fingerprint density at radius 3 is 2.50 bits per heavy atom. The maximum Gasteiger partial charge on any atom is 0.0794 e. The van der Waals surface area contributed by atoms with Gasteiger partial charge in [-0.1, -0.05) is 38.1 Å². The minimum absolute atomic E-state index is 0.893. The highest BCUT2D eigenvalue weighted by Gasteiger charge is 2.06. The molecule has 2 aromatic rings. The number of nitrogens with one attached hydrogen (secondary N) is 1. The van der Waals surface area contributed by atoms with Gasteiger partial charge >= 0.3 is 0 Å². The normalized spacial score (nSPS) is 11.2. The third kappa shape index (κ3) is 4.40. The number of nitrogens with zero attached hydrogens (tertiary/aromatic N) is 2. The molecule has 0 amide bonds. The molecule has 0 aliphatic carbocycles. The van der Waals surface area contributed by atoms with Gasteiger partial charge in [-0.3, -0.25) is 9.88 Å². The van der Waals surface area contributed by atoms with Crippen LogP contribution in [0.5, 0.6) is 0 Å². The molecule has 0 unspecified atom stereocenters. The molecule has 108 valence electrons. The van der Waals surface area contributed by atoms with E-state index in [9.17, 15) is 0 Å². The molecule has 1 aromatic heterocycles. The van der Waals surface area contributed by atoms with Gasteiger partial charge in [0.2, 0.25) is 0 Å². The summed E-state index contributed by atoms with van der Waals surface area (Å²) in [5, 5.41) is 3.51. The molecule has 0 bridgehead atoms. The van der Waals surface area contributed by atoms with Gasteiger partial charge in [0.05, 0.1) is 5.51 Å². The SMILES string of the molecule is CCN(CC)Cc1ccccc1CNCc1cncs1. The van der Waals surface area contributed by atoms with Crippen molar-refractivity contribution in [1.29, 1.82) is 0 Å². The highest BCUT2D eigenvalue weighted by Crippen LogP contribution is 2.12. The van der Waals surface area contributed by atoms with Crippen LogP contribution in [0.3, 0.4) is 0 Å². The first kappa shape index (κ1) is 15.2. The molecular weight excluding hydrogens is 266 g/mol. The van der Waals surface area contributed by atoms with Crippen molar-refractivity contribution >= 4 is 11.3 Å². The van der Waals surface area contributed by atoms with Crippen LogP contribution >= 0.6 is 11.3 Å². The molecule has 0 aliphatic rings. The maximum absolute atomic E-state index is 4.10. The molecule has 2 rings (SSSR count). The van der Waals surface area contributed by atoms with Crippen LogP contribution in [0.2, 0.25) is 0 Å². The number of hydrogen-bond acceptors (Lipinski definition) is 4. The average Bonchev–Trinajstić information content (AvgIpc) is 2.99. The van der Waals surface area contributed by atoms with Crippen molar-refractivity contribution in [3.8, 4) is 0 Å². The van der Waals surface area contributed by atoms with Gasteiger partial charge in [0.15, 0.2) is 0 Å². The molecule has 0 fully saturated rings. The Morgan fingerprint density at radius 2 is 1.85 bits per heavy atom. The van der Waals surface area contributed by atoms with Crippen molar-refractivity contribution < 1.29 is 0 Å². The van der Waals surface area contributed by atoms with E-state index in [1.807, 2.05) is 11.7 Å². The fourth-order valence-electron chi connectivity index (χ4n) is 2.22. The van der Waals surface area contributed by atoms with Gasteiger partial charge in [-0.2, -0.15) is 0 Å². The smallest absolute Gasteiger partial charge is 0.0794 e. The highest BCUT2D eigenvalue weighted by atomic mass is 32.1. The van der Waals surface area contributed by atoms with E-state index in [1.165, 1.54) is 16.0 Å². The number of rotatable bonds is 8. The molecule has 0 radical (unpaired) electrons. The van der Waals surface area contributed by atoms with E-state index in [4.69, 9.17) is 0 Å². The van der Waals surface area contributed by atoms with Gasteiger partial charge < -0.3 is 5.32 Å². The largest absolute Gasteiger partial charge is 0.308 e. The highest BCUT2D eigenvalue weighted by molar-refractivity contribution is 7.09. The summed E-state index contributed by atoms with van der Waals surface area (Å²) < 4.78 is 0. The van der Waals surface area contributed by atoms with Crippen molar-refractivity contribution in [1.82, 2.24) is 15.2 Å². The maximum atomic E-state index is 4.10. The Bertz CT molecular complexity index is 492. The fourth-order valence-corrected chi connectivity index (χ4v) is 2.79. The molecule has 0 atom stereocenters. The summed E-state index contributed by atoms with van der Waals surface area (Å²) in [6.45, 7) is 9.46. The average molecular weight is 289 g/mol. The summed E-state index contributed by atoms with van der Waals surface area (Å²) in [5.74, 6) is 0. The van der Waals surface area contributed by atoms with Gasteiger partial charge in [-0.05, 0) is 24.2 Å². The van der Waals surface area contributed by atoms with Crippen LogP contribution in [0, 0.1) is 0 Å². The molecule has 3 nitrogen and oxygen atoms in total. The Balaban J connectivity index is 1.93. The molecule has 4 heteroatoms. The second-order valence-corrected chi connectivity index (χ2v) is 5.77. The lowest BCUT2D eigenvalue weighted by molar-refractivity contribution is 0.294. The van der Waals surface area contributed by atoms with E-state index in [0.29, 0.717) is 0 Å². The third-order valence-corrected chi connectivity index (χ3v) is 4.28. The molecule has 0 saturated carbocycles. The molecule has 1 N–H and O–H groups in total. The predicted octanol–water partition coefficient (Wildman–Crippen LogP) is 3.27. The quantitative estimate of drug-likeness (QED) is 0.808. The zero-order valence-electron chi connectivity index (χ0n) is 12.3. The zero-order chi connectivity index (χ0) is 14.2. The number of thiazole rings is 1. The van der Waals surface area contributed by atoms with E-state index < -0.39 is 0 Å². The van der Waals surface area contributed by atoms with Crippen LogP contribution in [0.25, 0.3) is 0 Å². The third-order valence-electron chi connectivity index (χ3n) is 3.50. The van der Waals surface area contributed by atoms with Crippen molar-refractivity contribution in [3.63, 3.8) is 0 Å².